The van der Waals surface area contributed by atoms with Gasteiger partial charge in [0.15, 0.2) is 0 Å². The molecule has 0 amide bonds. The largest absolute Gasteiger partial charge is 0.507 e. The summed E-state index contributed by atoms with van der Waals surface area (Å²) in [4.78, 5) is 11.5. The Morgan fingerprint density at radius 2 is 1.76 bits per heavy atom. The number of ether oxygens (including phenoxy) is 1. The molecule has 8 heteroatoms. The van der Waals surface area contributed by atoms with Crippen molar-refractivity contribution in [2.45, 2.75) is 13.5 Å². The highest BCUT2D eigenvalue weighted by Crippen LogP contribution is 2.37. The Kier molecular flexibility index (Phi) is 6.07. The van der Waals surface area contributed by atoms with Crippen LogP contribution in [0.25, 0.3) is 16.9 Å². The van der Waals surface area contributed by atoms with Crippen LogP contribution in [0.5, 0.6) is 11.5 Å². The van der Waals surface area contributed by atoms with Gasteiger partial charge in [-0.3, -0.25) is 0 Å². The smallest absolute Gasteiger partial charge is 0.339 e. The molecule has 0 aliphatic heterocycles. The number of phenols is 1. The lowest BCUT2D eigenvalue weighted by molar-refractivity contribution is 0.0693. The number of aromatic nitrogens is 1. The Labute approximate surface area is 193 Å². The Balaban J connectivity index is 1.79. The van der Waals surface area contributed by atoms with Crippen LogP contribution >= 0.6 is 11.6 Å². The number of carbonyl (C=O) groups is 1. The fourth-order valence-electron chi connectivity index (χ4n) is 3.57. The number of nitrogens with zero attached hydrogens (tertiary/aromatic N) is 1. The van der Waals surface area contributed by atoms with Gasteiger partial charge in [-0.15, -0.1) is 0 Å². The first-order valence-corrected chi connectivity index (χ1v) is 10.2. The van der Waals surface area contributed by atoms with Crippen molar-refractivity contribution in [2.24, 2.45) is 0 Å². The van der Waals surface area contributed by atoms with Crippen LogP contribution in [0.1, 0.15) is 21.6 Å². The fourth-order valence-corrected chi connectivity index (χ4v) is 3.75. The molecular formula is C25H18ClF2NO4. The molecule has 0 radical (unpaired) electrons. The molecule has 0 fully saturated rings. The second kappa shape index (κ2) is 8.96. The molecular weight excluding hydrogens is 452 g/mol. The number of carboxylic acids is 1. The van der Waals surface area contributed by atoms with E-state index in [0.29, 0.717) is 27.7 Å². The topological polar surface area (TPSA) is 71.7 Å². The second-order valence-electron chi connectivity index (χ2n) is 7.33. The molecule has 0 spiro atoms. The monoisotopic (exact) mass is 469 g/mol. The summed E-state index contributed by atoms with van der Waals surface area (Å²) in [7, 11) is 0. The Bertz CT molecular complexity index is 1350. The summed E-state index contributed by atoms with van der Waals surface area (Å²) < 4.78 is 35.7. The average Bonchev–Trinajstić information content (AvgIpc) is 3.15. The van der Waals surface area contributed by atoms with Gasteiger partial charge in [0.25, 0.3) is 0 Å². The summed E-state index contributed by atoms with van der Waals surface area (Å²) in [5.74, 6) is -2.71. The first-order chi connectivity index (χ1) is 15.8. The minimum Gasteiger partial charge on any atom is -0.507 e. The van der Waals surface area contributed by atoms with Gasteiger partial charge in [0.2, 0.25) is 0 Å². The van der Waals surface area contributed by atoms with E-state index < -0.39 is 17.6 Å². The Morgan fingerprint density at radius 3 is 2.45 bits per heavy atom. The molecule has 0 aliphatic rings. The molecule has 0 aliphatic carbocycles. The number of aryl methyl sites for hydroxylation is 1. The van der Waals surface area contributed by atoms with Crippen molar-refractivity contribution in [1.82, 2.24) is 4.57 Å². The summed E-state index contributed by atoms with van der Waals surface area (Å²) in [6.45, 7) is 1.49. The van der Waals surface area contributed by atoms with Gasteiger partial charge in [-0.2, -0.15) is 0 Å². The van der Waals surface area contributed by atoms with E-state index in [1.54, 1.807) is 34.9 Å². The normalized spacial score (nSPS) is 10.9. The number of carboxylic acid groups (broad SMARTS) is 1. The molecule has 0 atom stereocenters. The predicted molar refractivity (Wildman–Crippen MR) is 120 cm³/mol. The van der Waals surface area contributed by atoms with Gasteiger partial charge in [0.05, 0.1) is 11.3 Å². The van der Waals surface area contributed by atoms with E-state index in [1.807, 2.05) is 13.0 Å². The first-order valence-electron chi connectivity index (χ1n) is 9.87. The van der Waals surface area contributed by atoms with Crippen molar-refractivity contribution < 1.29 is 28.5 Å². The van der Waals surface area contributed by atoms with E-state index >= 15 is 0 Å². The maximum absolute atomic E-state index is 14.1. The van der Waals surface area contributed by atoms with Gasteiger partial charge in [0, 0.05) is 22.0 Å². The maximum Gasteiger partial charge on any atom is 0.339 e. The van der Waals surface area contributed by atoms with Gasteiger partial charge >= 0.3 is 5.97 Å². The minimum atomic E-state index is -1.26. The minimum absolute atomic E-state index is 0.199. The average molecular weight is 470 g/mol. The molecule has 33 heavy (non-hydrogen) atoms. The number of rotatable bonds is 6. The lowest BCUT2D eigenvalue weighted by Crippen LogP contribution is -2.05. The lowest BCUT2D eigenvalue weighted by Gasteiger charge is -2.17. The highest BCUT2D eigenvalue weighted by Gasteiger charge is 2.18. The molecule has 0 saturated heterocycles. The predicted octanol–water partition coefficient (Wildman–Crippen LogP) is 6.37. The van der Waals surface area contributed by atoms with Crippen molar-refractivity contribution in [3.63, 3.8) is 0 Å². The highest BCUT2D eigenvalue weighted by molar-refractivity contribution is 6.31. The van der Waals surface area contributed by atoms with Crippen LogP contribution < -0.4 is 4.74 Å². The molecule has 0 saturated carbocycles. The lowest BCUT2D eigenvalue weighted by atomic mass is 10.1. The fraction of sp³-hybridized carbons (Fsp3) is 0.0800. The van der Waals surface area contributed by atoms with E-state index in [2.05, 4.69) is 0 Å². The molecule has 0 unspecified atom stereocenters. The molecule has 2 N–H and O–H groups in total. The van der Waals surface area contributed by atoms with Crippen molar-refractivity contribution in [1.29, 1.82) is 0 Å². The van der Waals surface area contributed by atoms with Crippen LogP contribution in [-0.2, 0) is 6.61 Å². The van der Waals surface area contributed by atoms with Crippen LogP contribution in [0, 0.1) is 18.6 Å². The number of halogens is 3. The van der Waals surface area contributed by atoms with E-state index in [4.69, 9.17) is 16.3 Å². The van der Waals surface area contributed by atoms with E-state index in [0.717, 1.165) is 17.8 Å². The Morgan fingerprint density at radius 1 is 1.03 bits per heavy atom. The van der Waals surface area contributed by atoms with Crippen LogP contribution in [0.4, 0.5) is 8.78 Å². The molecule has 0 bridgehead atoms. The number of aromatic hydroxyl groups is 1. The summed E-state index contributed by atoms with van der Waals surface area (Å²) in [5.41, 5.74) is 1.98. The zero-order chi connectivity index (χ0) is 23.7. The second-order valence-corrected chi connectivity index (χ2v) is 7.77. The molecule has 3 aromatic carbocycles. The van der Waals surface area contributed by atoms with Crippen molar-refractivity contribution in [3.05, 3.63) is 100 Å². The van der Waals surface area contributed by atoms with Gasteiger partial charge in [-0.05, 0) is 67.6 Å². The van der Waals surface area contributed by atoms with Crippen LogP contribution in [0.2, 0.25) is 5.02 Å². The maximum atomic E-state index is 14.1. The Hall–Kier alpha value is -3.84. The SMILES string of the molecule is Cc1ccc(-c2cc(Cl)ccc2OCc2c(F)cccc2F)n1-c1ccc(O)c(C(=O)O)c1. The van der Waals surface area contributed by atoms with Gasteiger partial charge in [-0.25, -0.2) is 13.6 Å². The van der Waals surface area contributed by atoms with Crippen LogP contribution in [-0.4, -0.2) is 20.7 Å². The number of aromatic carboxylic acids is 1. The zero-order valence-corrected chi connectivity index (χ0v) is 18.1. The molecule has 4 aromatic rings. The first kappa shape index (κ1) is 22.4. The molecule has 168 valence electrons. The number of benzene rings is 3. The molecule has 4 rings (SSSR count). The third kappa shape index (κ3) is 4.40. The number of hydrogen-bond acceptors (Lipinski definition) is 3. The van der Waals surface area contributed by atoms with Crippen molar-refractivity contribution in [2.75, 3.05) is 0 Å². The van der Waals surface area contributed by atoms with Gasteiger partial charge in [0.1, 0.15) is 35.3 Å². The summed E-state index contributed by atoms with van der Waals surface area (Å²) in [6, 6.07) is 16.3. The summed E-state index contributed by atoms with van der Waals surface area (Å²) in [6.07, 6.45) is 0. The third-order valence-electron chi connectivity index (χ3n) is 5.20. The van der Waals surface area contributed by atoms with Crippen molar-refractivity contribution in [3.8, 4) is 28.4 Å². The van der Waals surface area contributed by atoms with E-state index in [-0.39, 0.29) is 23.5 Å². The summed E-state index contributed by atoms with van der Waals surface area (Å²) in [5, 5.41) is 19.7. The van der Waals surface area contributed by atoms with Crippen LogP contribution in [0.3, 0.4) is 0 Å². The van der Waals surface area contributed by atoms with Crippen molar-refractivity contribution >= 4 is 17.6 Å². The highest BCUT2D eigenvalue weighted by atomic mass is 35.5. The van der Waals surface area contributed by atoms with Gasteiger partial charge < -0.3 is 19.5 Å². The standard InChI is InChI=1S/C25H18ClF2NO4/c1-14-5-8-22(29(14)16-7-9-23(30)18(12-16)25(31)32)17-11-15(26)6-10-24(17)33-13-19-20(27)3-2-4-21(19)28/h2-12,30H,13H2,1H3,(H,31,32). The molecule has 5 nitrogen and oxygen atoms in total. The van der Waals surface area contributed by atoms with E-state index in [9.17, 15) is 23.8 Å². The van der Waals surface area contributed by atoms with E-state index in [1.165, 1.54) is 18.2 Å². The van der Waals surface area contributed by atoms with Gasteiger partial charge in [-0.1, -0.05) is 17.7 Å². The zero-order valence-electron chi connectivity index (χ0n) is 17.3. The van der Waals surface area contributed by atoms with Crippen LogP contribution in [0.15, 0.2) is 66.7 Å². The quantitative estimate of drug-likeness (QED) is 0.344. The third-order valence-corrected chi connectivity index (χ3v) is 5.43. The summed E-state index contributed by atoms with van der Waals surface area (Å²) >= 11 is 6.23. The molecule has 1 heterocycles. The molecule has 1 aromatic heterocycles. The number of hydrogen-bond donors (Lipinski definition) is 2.